The highest BCUT2D eigenvalue weighted by Gasteiger charge is 2.22. The van der Waals surface area contributed by atoms with Gasteiger partial charge in [-0.15, -0.1) is 0 Å². The van der Waals surface area contributed by atoms with Crippen LogP contribution in [0.4, 0.5) is 0 Å². The van der Waals surface area contributed by atoms with Crippen molar-refractivity contribution in [3.63, 3.8) is 0 Å². The second-order valence-corrected chi connectivity index (χ2v) is 5.09. The molecule has 0 saturated heterocycles. The Balaban J connectivity index is 0. The molecule has 64 valence electrons. The molecule has 0 saturated carbocycles. The summed E-state index contributed by atoms with van der Waals surface area (Å²) in [5.41, 5.74) is 0. The zero-order chi connectivity index (χ0) is 9.00. The van der Waals surface area contributed by atoms with E-state index < -0.39 is 18.3 Å². The molecule has 6 N–H and O–H groups in total. The number of hydrogen-bond acceptors (Lipinski definition) is 6. The fourth-order valence-corrected chi connectivity index (χ4v) is 0. The third-order valence-corrected chi connectivity index (χ3v) is 2.40. The van der Waals surface area contributed by atoms with Crippen molar-refractivity contribution < 1.29 is 25.9 Å². The van der Waals surface area contributed by atoms with E-state index in [4.69, 9.17) is 9.11 Å². The summed E-state index contributed by atoms with van der Waals surface area (Å²) in [5, 5.41) is 0. The first-order valence-electron chi connectivity index (χ1n) is 1.53. The molecule has 0 amide bonds. The summed E-state index contributed by atoms with van der Waals surface area (Å²) >= 11 is 0. The highest BCUT2D eigenvalue weighted by molar-refractivity contribution is 8.62. The van der Waals surface area contributed by atoms with Gasteiger partial charge >= 0.3 is 18.3 Å². The third-order valence-electron chi connectivity index (χ3n) is 0.266. The lowest BCUT2D eigenvalue weighted by Crippen LogP contribution is -2.11. The summed E-state index contributed by atoms with van der Waals surface area (Å²) in [6, 6.07) is 0. The minimum atomic E-state index is -5.31. The standard InChI is InChI=1S/H4N2.H2O6S2/c1-2;1-7(2,3)8(4,5)6/h1-2H2;(H,1,2,3)(H,4,5,6). The zero-order valence-electron chi connectivity index (χ0n) is 4.50. The second-order valence-electron chi connectivity index (χ2n) is 0.855. The molecule has 0 aromatic carbocycles. The van der Waals surface area contributed by atoms with Gasteiger partial charge in [0.1, 0.15) is 0 Å². The third kappa shape index (κ3) is 4.60. The molecule has 0 spiro atoms. The molecule has 0 radical (unpaired) electrons. The van der Waals surface area contributed by atoms with Crippen molar-refractivity contribution in [2.45, 2.75) is 0 Å². The van der Waals surface area contributed by atoms with Crippen LogP contribution in [0.15, 0.2) is 0 Å². The molecule has 0 aliphatic heterocycles. The van der Waals surface area contributed by atoms with Gasteiger partial charge in [-0.05, 0) is 0 Å². The van der Waals surface area contributed by atoms with E-state index in [2.05, 4.69) is 11.7 Å². The van der Waals surface area contributed by atoms with Gasteiger partial charge in [0.05, 0.1) is 0 Å². The van der Waals surface area contributed by atoms with E-state index in [1.54, 1.807) is 0 Å². The highest BCUT2D eigenvalue weighted by atomic mass is 33.2. The highest BCUT2D eigenvalue weighted by Crippen LogP contribution is 1.90. The number of hydrazine groups is 1. The molecule has 10 heavy (non-hydrogen) atoms. The van der Waals surface area contributed by atoms with Crippen LogP contribution in [-0.4, -0.2) is 25.9 Å². The Morgan fingerprint density at radius 2 is 0.900 bits per heavy atom. The van der Waals surface area contributed by atoms with Crippen molar-refractivity contribution in [1.29, 1.82) is 0 Å². The van der Waals surface area contributed by atoms with Crippen molar-refractivity contribution in [1.82, 2.24) is 0 Å². The average molecular weight is 194 g/mol. The molecule has 0 aromatic rings. The molecule has 0 fully saturated rings. The Hall–Kier alpha value is -0.260. The lowest BCUT2D eigenvalue weighted by molar-refractivity contribution is 0.460. The molecule has 10 heteroatoms. The van der Waals surface area contributed by atoms with Crippen molar-refractivity contribution in [2.24, 2.45) is 11.7 Å². The van der Waals surface area contributed by atoms with E-state index in [0.717, 1.165) is 0 Å². The fourth-order valence-electron chi connectivity index (χ4n) is 0. The van der Waals surface area contributed by atoms with E-state index in [9.17, 15) is 16.8 Å². The zero-order valence-corrected chi connectivity index (χ0v) is 6.13. The van der Waals surface area contributed by atoms with Gasteiger partial charge in [-0.1, -0.05) is 0 Å². The lowest BCUT2D eigenvalue weighted by atomic mass is 13.0. The SMILES string of the molecule is NN.O=S(=O)(O)S(=O)(=O)O. The quantitative estimate of drug-likeness (QED) is 0.154. The van der Waals surface area contributed by atoms with Crippen molar-refractivity contribution in [3.05, 3.63) is 0 Å². The van der Waals surface area contributed by atoms with Crippen LogP contribution in [0.25, 0.3) is 0 Å². The van der Waals surface area contributed by atoms with Crippen molar-refractivity contribution in [2.75, 3.05) is 0 Å². The first kappa shape index (κ1) is 12.4. The van der Waals surface area contributed by atoms with Crippen molar-refractivity contribution >= 4 is 18.3 Å². The topological polar surface area (TPSA) is 161 Å². The first-order chi connectivity index (χ1) is 4.25. The Morgan fingerprint density at radius 3 is 0.900 bits per heavy atom. The maximum Gasteiger partial charge on any atom is 0.397 e. The minimum Gasteiger partial charge on any atom is -0.274 e. The monoisotopic (exact) mass is 194 g/mol. The Labute approximate surface area is 56.7 Å². The van der Waals surface area contributed by atoms with E-state index in [1.165, 1.54) is 0 Å². The van der Waals surface area contributed by atoms with Crippen LogP contribution < -0.4 is 11.7 Å². The van der Waals surface area contributed by atoms with Gasteiger partial charge in [0.25, 0.3) is 0 Å². The van der Waals surface area contributed by atoms with Crippen LogP contribution in [0.3, 0.4) is 0 Å². The van der Waals surface area contributed by atoms with E-state index >= 15 is 0 Å². The Bertz CT molecular complexity index is 226. The van der Waals surface area contributed by atoms with Crippen LogP contribution in [0.1, 0.15) is 0 Å². The van der Waals surface area contributed by atoms with Crippen LogP contribution >= 0.6 is 0 Å². The Morgan fingerprint density at radius 1 is 0.800 bits per heavy atom. The number of rotatable bonds is 1. The molecule has 0 aromatic heterocycles. The van der Waals surface area contributed by atoms with E-state index in [-0.39, 0.29) is 0 Å². The molecular formula is H6N2O6S2. The lowest BCUT2D eigenvalue weighted by Gasteiger charge is -1.84. The average Bonchev–Trinajstić information content (AvgIpc) is 1.66. The molecule has 0 aliphatic rings. The normalized spacial score (nSPS) is 11.6. The van der Waals surface area contributed by atoms with Gasteiger partial charge in [0, 0.05) is 0 Å². The molecule has 0 rings (SSSR count). The van der Waals surface area contributed by atoms with Gasteiger partial charge in [-0.3, -0.25) is 20.8 Å². The molecule has 0 heterocycles. The summed E-state index contributed by atoms with van der Waals surface area (Å²) in [4.78, 5) is 0. The second kappa shape index (κ2) is 3.80. The smallest absolute Gasteiger partial charge is 0.274 e. The van der Waals surface area contributed by atoms with E-state index in [0.29, 0.717) is 0 Å². The predicted octanol–water partition coefficient (Wildman–Crippen LogP) is -2.50. The fraction of sp³-hybridized carbons (Fsp3) is 0. The molecule has 0 bridgehead atoms. The van der Waals surface area contributed by atoms with Crippen LogP contribution in [0.2, 0.25) is 0 Å². The summed E-state index contributed by atoms with van der Waals surface area (Å²) in [7, 11) is -10.6. The first-order valence-corrected chi connectivity index (χ1v) is 4.93. The Kier molecular flexibility index (Phi) is 4.72. The summed E-state index contributed by atoms with van der Waals surface area (Å²) in [6.45, 7) is 0. The van der Waals surface area contributed by atoms with Crippen molar-refractivity contribution in [3.8, 4) is 0 Å². The van der Waals surface area contributed by atoms with Gasteiger partial charge < -0.3 is 0 Å². The van der Waals surface area contributed by atoms with E-state index in [1.807, 2.05) is 0 Å². The van der Waals surface area contributed by atoms with Gasteiger partial charge in [0.15, 0.2) is 0 Å². The maximum atomic E-state index is 9.37. The summed E-state index contributed by atoms with van der Waals surface area (Å²) in [6.07, 6.45) is 0. The minimum absolute atomic E-state index is 4.00. The molecule has 0 unspecified atom stereocenters. The number of nitrogens with two attached hydrogens (primary N) is 2. The van der Waals surface area contributed by atoms with Gasteiger partial charge in [-0.2, -0.15) is 16.8 Å². The maximum absolute atomic E-state index is 9.37. The number of hydrogen-bond donors (Lipinski definition) is 4. The van der Waals surface area contributed by atoms with Gasteiger partial charge in [-0.25, -0.2) is 0 Å². The predicted molar refractivity (Wildman–Crippen MR) is 31.5 cm³/mol. The molecular weight excluding hydrogens is 188 g/mol. The van der Waals surface area contributed by atoms with Crippen LogP contribution in [0.5, 0.6) is 0 Å². The molecule has 0 atom stereocenters. The van der Waals surface area contributed by atoms with Crippen LogP contribution in [-0.2, 0) is 18.3 Å². The largest absolute Gasteiger partial charge is 0.397 e. The van der Waals surface area contributed by atoms with Gasteiger partial charge in [0.2, 0.25) is 0 Å². The molecule has 8 nitrogen and oxygen atoms in total. The summed E-state index contributed by atoms with van der Waals surface area (Å²) in [5.74, 6) is 8.00. The summed E-state index contributed by atoms with van der Waals surface area (Å²) < 4.78 is 52.5. The van der Waals surface area contributed by atoms with Crippen LogP contribution in [0, 0.1) is 0 Å². The molecule has 0 aliphatic carbocycles.